The van der Waals surface area contributed by atoms with Crippen LogP contribution in [0.3, 0.4) is 0 Å². The summed E-state index contributed by atoms with van der Waals surface area (Å²) >= 11 is 0. The molecule has 3 rings (SSSR count). The van der Waals surface area contributed by atoms with E-state index in [1.165, 1.54) is 40.7 Å². The average Bonchev–Trinajstić information content (AvgIpc) is 2.70. The third-order valence-electron chi connectivity index (χ3n) is 4.76. The highest BCUT2D eigenvalue weighted by Gasteiger charge is 2.26. The molecule has 1 heterocycles. The molecule has 1 saturated heterocycles. The zero-order chi connectivity index (χ0) is 21.0. The van der Waals surface area contributed by atoms with Gasteiger partial charge in [-0.3, -0.25) is 4.79 Å². The second-order valence-corrected chi connectivity index (χ2v) is 8.71. The van der Waals surface area contributed by atoms with Crippen LogP contribution in [0, 0.1) is 6.92 Å². The van der Waals surface area contributed by atoms with E-state index in [4.69, 9.17) is 0 Å². The van der Waals surface area contributed by atoms with Gasteiger partial charge in [-0.25, -0.2) is 8.42 Å². The number of alkyl halides is 2. The van der Waals surface area contributed by atoms with E-state index < -0.39 is 22.5 Å². The van der Waals surface area contributed by atoms with E-state index in [0.29, 0.717) is 24.3 Å². The van der Waals surface area contributed by atoms with Crippen molar-refractivity contribution < 1.29 is 26.7 Å². The standard InChI is InChI=1S/C20H22F2N2O4S/c1-14-9-10-15(29(26,27)24-11-5-2-6-12-24)13-17(14)23-19(25)16-7-3-4-8-18(16)28-20(21)22/h3-4,7-10,13,20H,2,5-6,11-12H2,1H3,(H,23,25). The molecule has 2 aromatic carbocycles. The molecular weight excluding hydrogens is 402 g/mol. The highest BCUT2D eigenvalue weighted by atomic mass is 32.2. The van der Waals surface area contributed by atoms with Crippen molar-refractivity contribution in [3.63, 3.8) is 0 Å². The smallest absolute Gasteiger partial charge is 0.387 e. The Kier molecular flexibility index (Phi) is 6.49. The first-order chi connectivity index (χ1) is 13.8. The summed E-state index contributed by atoms with van der Waals surface area (Å²) in [5.74, 6) is -0.924. The van der Waals surface area contributed by atoms with E-state index in [1.807, 2.05) is 0 Å². The summed E-state index contributed by atoms with van der Waals surface area (Å²) < 4.78 is 56.8. The Bertz CT molecular complexity index is 990. The molecule has 1 aliphatic heterocycles. The maximum Gasteiger partial charge on any atom is 0.387 e. The van der Waals surface area contributed by atoms with E-state index >= 15 is 0 Å². The third kappa shape index (κ3) is 4.91. The van der Waals surface area contributed by atoms with Crippen LogP contribution in [0.2, 0.25) is 0 Å². The van der Waals surface area contributed by atoms with Gasteiger partial charge < -0.3 is 10.1 Å². The molecule has 1 aliphatic rings. The molecule has 2 aromatic rings. The summed E-state index contributed by atoms with van der Waals surface area (Å²) in [6.07, 6.45) is 2.63. The quantitative estimate of drug-likeness (QED) is 0.760. The first-order valence-electron chi connectivity index (χ1n) is 9.25. The van der Waals surface area contributed by atoms with E-state index in [2.05, 4.69) is 10.1 Å². The molecule has 1 fully saturated rings. The maximum atomic E-state index is 12.9. The van der Waals surface area contributed by atoms with Gasteiger partial charge in [0, 0.05) is 18.8 Å². The highest BCUT2D eigenvalue weighted by molar-refractivity contribution is 7.89. The number of nitrogens with zero attached hydrogens (tertiary/aromatic N) is 1. The van der Waals surface area contributed by atoms with Crippen molar-refractivity contribution in [1.29, 1.82) is 0 Å². The molecule has 0 unspecified atom stereocenters. The molecule has 156 valence electrons. The molecule has 0 radical (unpaired) electrons. The summed E-state index contributed by atoms with van der Waals surface area (Å²) in [7, 11) is -3.67. The van der Waals surface area contributed by atoms with Crippen molar-refractivity contribution >= 4 is 21.6 Å². The number of piperidine rings is 1. The number of rotatable bonds is 6. The Morgan fingerprint density at radius 2 is 1.79 bits per heavy atom. The van der Waals surface area contributed by atoms with E-state index in [0.717, 1.165) is 19.3 Å². The van der Waals surface area contributed by atoms with Crippen LogP contribution in [-0.2, 0) is 10.0 Å². The average molecular weight is 424 g/mol. The SMILES string of the molecule is Cc1ccc(S(=O)(=O)N2CCCCC2)cc1NC(=O)c1ccccc1OC(F)F. The van der Waals surface area contributed by atoms with Gasteiger partial charge in [0.05, 0.1) is 10.5 Å². The number of benzene rings is 2. The number of anilines is 1. The molecule has 1 amide bonds. The first kappa shape index (κ1) is 21.2. The number of hydrogen-bond donors (Lipinski definition) is 1. The Labute approximate surface area is 168 Å². The van der Waals surface area contributed by atoms with Crippen LogP contribution in [-0.4, -0.2) is 38.3 Å². The molecule has 1 N–H and O–H groups in total. The van der Waals surface area contributed by atoms with E-state index in [-0.39, 0.29) is 16.2 Å². The normalized spacial score (nSPS) is 15.3. The monoisotopic (exact) mass is 424 g/mol. The van der Waals surface area contributed by atoms with Crippen LogP contribution in [0.25, 0.3) is 0 Å². The van der Waals surface area contributed by atoms with Crippen molar-refractivity contribution in [2.45, 2.75) is 37.7 Å². The minimum absolute atomic E-state index is 0.0727. The van der Waals surface area contributed by atoms with Crippen LogP contribution in [0.5, 0.6) is 5.75 Å². The molecule has 0 atom stereocenters. The maximum absolute atomic E-state index is 12.9. The zero-order valence-corrected chi connectivity index (χ0v) is 16.7. The molecule has 0 aromatic heterocycles. The lowest BCUT2D eigenvalue weighted by molar-refractivity contribution is -0.0501. The predicted octanol–water partition coefficient (Wildman–Crippen LogP) is 4.02. The van der Waals surface area contributed by atoms with Crippen molar-refractivity contribution in [3.8, 4) is 5.75 Å². The number of carbonyl (C=O) groups excluding carboxylic acids is 1. The fourth-order valence-corrected chi connectivity index (χ4v) is 4.74. The number of amides is 1. The molecule has 0 aliphatic carbocycles. The van der Waals surface area contributed by atoms with Crippen LogP contribution in [0.1, 0.15) is 35.2 Å². The Morgan fingerprint density at radius 3 is 2.48 bits per heavy atom. The number of aryl methyl sites for hydroxylation is 1. The van der Waals surface area contributed by atoms with Crippen LogP contribution in [0.15, 0.2) is 47.4 Å². The minimum Gasteiger partial charge on any atom is -0.434 e. The minimum atomic E-state index is -3.67. The molecule has 29 heavy (non-hydrogen) atoms. The van der Waals surface area contributed by atoms with E-state index in [9.17, 15) is 22.0 Å². The van der Waals surface area contributed by atoms with E-state index in [1.54, 1.807) is 13.0 Å². The van der Waals surface area contributed by atoms with Gasteiger partial charge in [-0.05, 0) is 49.6 Å². The number of hydrogen-bond acceptors (Lipinski definition) is 4. The lowest BCUT2D eigenvalue weighted by Gasteiger charge is -2.26. The Balaban J connectivity index is 1.87. The largest absolute Gasteiger partial charge is 0.434 e. The fourth-order valence-electron chi connectivity index (χ4n) is 3.19. The number of ether oxygens (including phenoxy) is 1. The Morgan fingerprint density at radius 1 is 1.10 bits per heavy atom. The molecule has 0 bridgehead atoms. The van der Waals surface area contributed by atoms with Crippen molar-refractivity contribution in [1.82, 2.24) is 4.31 Å². The molecular formula is C20H22F2N2O4S. The van der Waals surface area contributed by atoms with Gasteiger partial charge in [0.2, 0.25) is 10.0 Å². The third-order valence-corrected chi connectivity index (χ3v) is 6.65. The van der Waals surface area contributed by atoms with Gasteiger partial charge >= 0.3 is 6.61 Å². The Hall–Kier alpha value is -2.52. The molecule has 9 heteroatoms. The summed E-state index contributed by atoms with van der Waals surface area (Å²) in [5.41, 5.74) is 0.861. The van der Waals surface area contributed by atoms with Crippen LogP contribution in [0.4, 0.5) is 14.5 Å². The molecule has 0 spiro atoms. The van der Waals surface area contributed by atoms with Gasteiger partial charge in [0.15, 0.2) is 0 Å². The fraction of sp³-hybridized carbons (Fsp3) is 0.350. The van der Waals surface area contributed by atoms with Gasteiger partial charge in [-0.2, -0.15) is 13.1 Å². The first-order valence-corrected chi connectivity index (χ1v) is 10.7. The molecule has 0 saturated carbocycles. The van der Waals surface area contributed by atoms with Crippen molar-refractivity contribution in [2.24, 2.45) is 0 Å². The summed E-state index contributed by atoms with van der Waals surface area (Å²) in [6.45, 7) is -0.412. The second kappa shape index (κ2) is 8.87. The highest BCUT2D eigenvalue weighted by Crippen LogP contribution is 2.27. The second-order valence-electron chi connectivity index (χ2n) is 6.77. The van der Waals surface area contributed by atoms with Gasteiger partial charge in [-0.15, -0.1) is 0 Å². The summed E-state index contributed by atoms with van der Waals surface area (Å²) in [6, 6.07) is 10.1. The van der Waals surface area contributed by atoms with Gasteiger partial charge in [0.1, 0.15) is 5.75 Å². The predicted molar refractivity (Wildman–Crippen MR) is 105 cm³/mol. The summed E-state index contributed by atoms with van der Waals surface area (Å²) in [4.78, 5) is 12.7. The van der Waals surface area contributed by atoms with Crippen molar-refractivity contribution in [2.75, 3.05) is 18.4 Å². The van der Waals surface area contributed by atoms with Crippen LogP contribution < -0.4 is 10.1 Å². The van der Waals surface area contributed by atoms with Crippen molar-refractivity contribution in [3.05, 3.63) is 53.6 Å². The lowest BCUT2D eigenvalue weighted by Crippen LogP contribution is -2.35. The number of carbonyl (C=O) groups is 1. The lowest BCUT2D eigenvalue weighted by atomic mass is 10.1. The number of para-hydroxylation sites is 1. The topological polar surface area (TPSA) is 75.7 Å². The number of nitrogens with one attached hydrogen (secondary N) is 1. The summed E-state index contributed by atoms with van der Waals surface area (Å²) in [5, 5.41) is 2.61. The zero-order valence-electron chi connectivity index (χ0n) is 15.9. The molecule has 6 nitrogen and oxygen atoms in total. The number of sulfonamides is 1. The van der Waals surface area contributed by atoms with Gasteiger partial charge in [0.25, 0.3) is 5.91 Å². The van der Waals surface area contributed by atoms with Crippen LogP contribution >= 0.6 is 0 Å². The van der Waals surface area contributed by atoms with Gasteiger partial charge in [-0.1, -0.05) is 24.6 Å². The number of halogens is 2.